The van der Waals surface area contributed by atoms with E-state index in [4.69, 9.17) is 10.5 Å². The molecule has 0 aromatic heterocycles. The van der Waals surface area contributed by atoms with Crippen LogP contribution in [-0.4, -0.2) is 43.6 Å². The largest absolute Gasteiger partial charge is 0.490 e. The monoisotopic (exact) mass is 291 g/mol. The average Bonchev–Trinajstić information content (AvgIpc) is 2.50. The highest BCUT2D eigenvalue weighted by atomic mass is 16.5. The van der Waals surface area contributed by atoms with Crippen LogP contribution in [0.4, 0.5) is 5.69 Å². The molecular weight excluding hydrogens is 266 g/mol. The van der Waals surface area contributed by atoms with Gasteiger partial charge in [0.05, 0.1) is 5.69 Å². The topological polar surface area (TPSA) is 67.6 Å². The number of rotatable bonds is 6. The molecule has 0 atom stereocenters. The first-order valence-electron chi connectivity index (χ1n) is 7.73. The summed E-state index contributed by atoms with van der Waals surface area (Å²) in [6.07, 6.45) is 3.88. The number of hydrogen-bond donors (Lipinski definition) is 2. The highest BCUT2D eigenvalue weighted by Crippen LogP contribution is 2.23. The Bertz CT molecular complexity index is 471. The van der Waals surface area contributed by atoms with Crippen molar-refractivity contribution >= 4 is 11.6 Å². The summed E-state index contributed by atoms with van der Waals surface area (Å²) in [5.74, 6) is 0.495. The van der Waals surface area contributed by atoms with Crippen molar-refractivity contribution in [1.29, 1.82) is 0 Å². The Morgan fingerprint density at radius 3 is 2.81 bits per heavy atom. The molecule has 1 saturated heterocycles. The van der Waals surface area contributed by atoms with Crippen molar-refractivity contribution < 1.29 is 9.53 Å². The number of benzene rings is 1. The smallest absolute Gasteiger partial charge is 0.251 e. The van der Waals surface area contributed by atoms with E-state index in [0.29, 0.717) is 30.2 Å². The van der Waals surface area contributed by atoms with Crippen molar-refractivity contribution in [2.24, 2.45) is 0 Å². The van der Waals surface area contributed by atoms with Gasteiger partial charge in [-0.2, -0.15) is 0 Å². The predicted molar refractivity (Wildman–Crippen MR) is 84.6 cm³/mol. The fraction of sp³-hybridized carbons (Fsp3) is 0.562. The number of nitrogens with two attached hydrogens (primary N) is 1. The van der Waals surface area contributed by atoms with E-state index < -0.39 is 0 Å². The van der Waals surface area contributed by atoms with Crippen LogP contribution in [0.5, 0.6) is 5.75 Å². The van der Waals surface area contributed by atoms with Crippen molar-refractivity contribution in [3.05, 3.63) is 23.8 Å². The van der Waals surface area contributed by atoms with Crippen LogP contribution in [0.3, 0.4) is 0 Å². The lowest BCUT2D eigenvalue weighted by Gasteiger charge is -2.26. The van der Waals surface area contributed by atoms with E-state index in [0.717, 1.165) is 19.6 Å². The third kappa shape index (κ3) is 4.63. The van der Waals surface area contributed by atoms with Crippen molar-refractivity contribution in [2.75, 3.05) is 38.5 Å². The molecule has 21 heavy (non-hydrogen) atoms. The van der Waals surface area contributed by atoms with Crippen molar-refractivity contribution in [3.8, 4) is 5.75 Å². The maximum atomic E-state index is 11.8. The minimum atomic E-state index is -0.0987. The summed E-state index contributed by atoms with van der Waals surface area (Å²) < 4.78 is 5.76. The Labute approximate surface area is 126 Å². The molecule has 0 saturated carbocycles. The van der Waals surface area contributed by atoms with Crippen LogP contribution in [0.2, 0.25) is 0 Å². The average molecular weight is 291 g/mol. The molecule has 0 aliphatic carbocycles. The molecule has 1 aliphatic rings. The molecule has 0 radical (unpaired) electrons. The van der Waals surface area contributed by atoms with E-state index in [1.54, 1.807) is 18.2 Å². The zero-order valence-corrected chi connectivity index (χ0v) is 12.7. The minimum absolute atomic E-state index is 0.0987. The van der Waals surface area contributed by atoms with Gasteiger partial charge in [-0.1, -0.05) is 6.42 Å². The highest BCUT2D eigenvalue weighted by Gasteiger charge is 2.11. The van der Waals surface area contributed by atoms with E-state index in [-0.39, 0.29) is 5.91 Å². The zero-order valence-electron chi connectivity index (χ0n) is 12.7. The third-order valence-electron chi connectivity index (χ3n) is 3.73. The summed E-state index contributed by atoms with van der Waals surface area (Å²) >= 11 is 0. The first-order chi connectivity index (χ1) is 10.2. The van der Waals surface area contributed by atoms with Crippen molar-refractivity contribution in [2.45, 2.75) is 26.2 Å². The minimum Gasteiger partial charge on any atom is -0.490 e. The van der Waals surface area contributed by atoms with Crippen LogP contribution < -0.4 is 15.8 Å². The maximum absolute atomic E-state index is 11.8. The number of amides is 1. The van der Waals surface area contributed by atoms with Gasteiger partial charge in [-0.05, 0) is 51.1 Å². The van der Waals surface area contributed by atoms with Gasteiger partial charge in [-0.3, -0.25) is 9.69 Å². The second-order valence-electron chi connectivity index (χ2n) is 5.36. The number of carbonyl (C=O) groups is 1. The number of nitrogen functional groups attached to an aromatic ring is 1. The van der Waals surface area contributed by atoms with Crippen LogP contribution in [0.15, 0.2) is 18.2 Å². The molecular formula is C16H25N3O2. The third-order valence-corrected chi connectivity index (χ3v) is 3.73. The standard InChI is InChI=1S/C16H25N3O2/c1-2-18-16(20)13-6-7-14(17)15(12-13)21-11-10-19-8-4-3-5-9-19/h6-7,12H,2-5,8-11,17H2,1H3,(H,18,20). The van der Waals surface area contributed by atoms with Gasteiger partial charge in [0.25, 0.3) is 5.91 Å². The maximum Gasteiger partial charge on any atom is 0.251 e. The number of piperidine rings is 1. The lowest BCUT2D eigenvalue weighted by Crippen LogP contribution is -2.33. The Kier molecular flexibility index (Phi) is 5.87. The van der Waals surface area contributed by atoms with Crippen LogP contribution >= 0.6 is 0 Å². The summed E-state index contributed by atoms with van der Waals surface area (Å²) in [6.45, 7) is 6.31. The first kappa shape index (κ1) is 15.6. The number of ether oxygens (including phenoxy) is 1. The SMILES string of the molecule is CCNC(=O)c1ccc(N)c(OCCN2CCCCC2)c1. The molecule has 1 aliphatic heterocycles. The normalized spacial score (nSPS) is 15.7. The molecule has 1 aromatic rings. The van der Waals surface area contributed by atoms with Gasteiger partial charge in [0.15, 0.2) is 0 Å². The van der Waals surface area contributed by atoms with Gasteiger partial charge in [0.2, 0.25) is 0 Å². The fourth-order valence-electron chi connectivity index (χ4n) is 2.53. The molecule has 0 spiro atoms. The molecule has 0 unspecified atom stereocenters. The van der Waals surface area contributed by atoms with E-state index in [9.17, 15) is 4.79 Å². The number of nitrogens with one attached hydrogen (secondary N) is 1. The molecule has 1 heterocycles. The van der Waals surface area contributed by atoms with E-state index in [1.807, 2.05) is 6.92 Å². The number of hydrogen-bond acceptors (Lipinski definition) is 4. The number of carbonyl (C=O) groups excluding carboxylic acids is 1. The summed E-state index contributed by atoms with van der Waals surface area (Å²) in [5.41, 5.74) is 7.07. The molecule has 2 rings (SSSR count). The van der Waals surface area contributed by atoms with E-state index >= 15 is 0 Å². The van der Waals surface area contributed by atoms with Crippen LogP contribution in [-0.2, 0) is 0 Å². The summed E-state index contributed by atoms with van der Waals surface area (Å²) in [6, 6.07) is 5.16. The van der Waals surface area contributed by atoms with Crippen molar-refractivity contribution in [1.82, 2.24) is 10.2 Å². The van der Waals surface area contributed by atoms with Crippen molar-refractivity contribution in [3.63, 3.8) is 0 Å². The van der Waals surface area contributed by atoms with E-state index in [2.05, 4.69) is 10.2 Å². The fourth-order valence-corrected chi connectivity index (χ4v) is 2.53. The van der Waals surface area contributed by atoms with Crippen LogP contribution in [0.1, 0.15) is 36.5 Å². The second kappa shape index (κ2) is 7.88. The molecule has 116 valence electrons. The lowest BCUT2D eigenvalue weighted by molar-refractivity contribution is 0.0955. The van der Waals surface area contributed by atoms with Gasteiger partial charge >= 0.3 is 0 Å². The molecule has 0 bridgehead atoms. The number of anilines is 1. The molecule has 1 fully saturated rings. The molecule has 5 nitrogen and oxygen atoms in total. The Morgan fingerprint density at radius 1 is 1.33 bits per heavy atom. The zero-order chi connectivity index (χ0) is 15.1. The van der Waals surface area contributed by atoms with Gasteiger partial charge in [-0.15, -0.1) is 0 Å². The van der Waals surface area contributed by atoms with Gasteiger partial charge in [0, 0.05) is 18.7 Å². The lowest BCUT2D eigenvalue weighted by atomic mass is 10.1. The van der Waals surface area contributed by atoms with Crippen LogP contribution in [0.25, 0.3) is 0 Å². The number of nitrogens with zero attached hydrogens (tertiary/aromatic N) is 1. The second-order valence-corrected chi connectivity index (χ2v) is 5.36. The number of likely N-dealkylation sites (tertiary alicyclic amines) is 1. The van der Waals surface area contributed by atoms with Gasteiger partial charge in [-0.25, -0.2) is 0 Å². The Hall–Kier alpha value is -1.75. The predicted octanol–water partition coefficient (Wildman–Crippen LogP) is 1.88. The van der Waals surface area contributed by atoms with Crippen LogP contribution in [0, 0.1) is 0 Å². The van der Waals surface area contributed by atoms with Gasteiger partial charge < -0.3 is 15.8 Å². The Morgan fingerprint density at radius 2 is 2.10 bits per heavy atom. The quantitative estimate of drug-likeness (QED) is 0.785. The van der Waals surface area contributed by atoms with Gasteiger partial charge in [0.1, 0.15) is 12.4 Å². The first-order valence-corrected chi connectivity index (χ1v) is 7.73. The Balaban J connectivity index is 1.89. The molecule has 5 heteroatoms. The molecule has 3 N–H and O–H groups in total. The molecule has 1 aromatic carbocycles. The highest BCUT2D eigenvalue weighted by molar-refractivity contribution is 5.95. The summed E-state index contributed by atoms with van der Waals surface area (Å²) in [7, 11) is 0. The summed E-state index contributed by atoms with van der Waals surface area (Å²) in [5, 5.41) is 2.77. The van der Waals surface area contributed by atoms with E-state index in [1.165, 1.54) is 19.3 Å². The molecule has 1 amide bonds. The summed E-state index contributed by atoms with van der Waals surface area (Å²) in [4.78, 5) is 14.2.